The molecule has 0 spiro atoms. The summed E-state index contributed by atoms with van der Waals surface area (Å²) in [6.07, 6.45) is 1.64. The Morgan fingerprint density at radius 2 is 1.30 bits per heavy atom. The fraction of sp³-hybridized carbons (Fsp3) is 0.0769. The number of aryl methyl sites for hydroxylation is 2. The van der Waals surface area contributed by atoms with Gasteiger partial charge in [0.15, 0.2) is 0 Å². The smallest absolute Gasteiger partial charge is 0.248 e. The summed E-state index contributed by atoms with van der Waals surface area (Å²) in [7, 11) is 0. The molecular weight excluding hydrogens is 540 g/mol. The second-order valence-corrected chi connectivity index (χ2v) is 10.9. The standard InChI is InChI=1S/C39H30N4O/c1-26-25-32(21-23-33(26)37(41-40-2)24-22-30-12-7-11-28-9-3-5-14-34(28)30)27-17-19-31(20-18-27)38-42-43-39(44-38)36-16-8-13-29-10-4-6-15-35(29)36/h3-21,23,25H,2,22,24H2,1H3/b41-37+. The van der Waals surface area contributed by atoms with Crippen molar-refractivity contribution in [3.63, 3.8) is 0 Å². The Labute approximate surface area is 256 Å². The van der Waals surface area contributed by atoms with Crippen LogP contribution in [0.4, 0.5) is 0 Å². The SMILES string of the molecule is C=N/N=C(\CCc1cccc2ccccc12)c1ccc(-c2ccc(-c3nnc(-c4cccc5ccccc45)o3)cc2)cc1C. The third kappa shape index (κ3) is 5.32. The summed E-state index contributed by atoms with van der Waals surface area (Å²) in [4.78, 5) is 0. The van der Waals surface area contributed by atoms with Crippen LogP contribution in [0.2, 0.25) is 0 Å². The van der Waals surface area contributed by atoms with Gasteiger partial charge in [0.05, 0.1) is 5.71 Å². The van der Waals surface area contributed by atoms with E-state index in [1.807, 2.05) is 36.4 Å². The van der Waals surface area contributed by atoms with Gasteiger partial charge < -0.3 is 4.42 Å². The van der Waals surface area contributed by atoms with Crippen molar-refractivity contribution in [1.82, 2.24) is 10.2 Å². The average molecular weight is 571 g/mol. The number of fused-ring (bicyclic) bond motifs is 2. The van der Waals surface area contributed by atoms with Gasteiger partial charge in [-0.25, -0.2) is 0 Å². The van der Waals surface area contributed by atoms with E-state index in [1.165, 1.54) is 16.3 Å². The molecule has 5 nitrogen and oxygen atoms in total. The Morgan fingerprint density at radius 1 is 0.659 bits per heavy atom. The van der Waals surface area contributed by atoms with Gasteiger partial charge in [-0.2, -0.15) is 10.2 Å². The maximum atomic E-state index is 6.12. The lowest BCUT2D eigenvalue weighted by molar-refractivity contribution is 0.585. The van der Waals surface area contributed by atoms with Gasteiger partial charge >= 0.3 is 0 Å². The lowest BCUT2D eigenvalue weighted by Gasteiger charge is -2.12. The van der Waals surface area contributed by atoms with Crippen LogP contribution in [0, 0.1) is 6.92 Å². The summed E-state index contributed by atoms with van der Waals surface area (Å²) in [5, 5.41) is 21.8. The van der Waals surface area contributed by atoms with Crippen LogP contribution in [0.15, 0.2) is 142 Å². The van der Waals surface area contributed by atoms with E-state index < -0.39 is 0 Å². The molecule has 5 heteroatoms. The fourth-order valence-corrected chi connectivity index (χ4v) is 5.92. The molecule has 0 N–H and O–H groups in total. The Hall–Kier alpha value is -5.68. The topological polar surface area (TPSA) is 63.6 Å². The van der Waals surface area contributed by atoms with Crippen molar-refractivity contribution >= 4 is 34.0 Å². The average Bonchev–Trinajstić information content (AvgIpc) is 3.57. The van der Waals surface area contributed by atoms with E-state index >= 15 is 0 Å². The zero-order chi connectivity index (χ0) is 29.9. The Morgan fingerprint density at radius 3 is 2.07 bits per heavy atom. The Kier molecular flexibility index (Phi) is 7.35. The van der Waals surface area contributed by atoms with E-state index in [9.17, 15) is 0 Å². The molecule has 1 aromatic heterocycles. The molecule has 7 aromatic rings. The van der Waals surface area contributed by atoms with E-state index in [4.69, 9.17) is 4.42 Å². The number of nitrogens with zero attached hydrogens (tertiary/aromatic N) is 4. The van der Waals surface area contributed by atoms with Crippen LogP contribution < -0.4 is 0 Å². The van der Waals surface area contributed by atoms with Gasteiger partial charge in [-0.15, -0.1) is 10.2 Å². The molecule has 0 saturated heterocycles. The molecule has 7 rings (SSSR count). The van der Waals surface area contributed by atoms with Crippen LogP contribution in [0.3, 0.4) is 0 Å². The van der Waals surface area contributed by atoms with Crippen LogP contribution in [0.1, 0.15) is 23.1 Å². The Balaban J connectivity index is 1.10. The number of hydrogen-bond donors (Lipinski definition) is 0. The van der Waals surface area contributed by atoms with E-state index in [1.54, 1.807) is 0 Å². The molecule has 0 unspecified atom stereocenters. The highest BCUT2D eigenvalue weighted by molar-refractivity contribution is 6.02. The third-order valence-electron chi connectivity index (χ3n) is 8.15. The lowest BCUT2D eigenvalue weighted by atomic mass is 9.93. The highest BCUT2D eigenvalue weighted by Crippen LogP contribution is 2.31. The predicted octanol–water partition coefficient (Wildman–Crippen LogP) is 9.72. The van der Waals surface area contributed by atoms with E-state index in [-0.39, 0.29) is 0 Å². The first-order valence-electron chi connectivity index (χ1n) is 14.7. The van der Waals surface area contributed by atoms with Gasteiger partial charge in [0.2, 0.25) is 11.8 Å². The molecule has 0 saturated carbocycles. The van der Waals surface area contributed by atoms with Gasteiger partial charge in [-0.05, 0) is 81.8 Å². The van der Waals surface area contributed by atoms with Crippen molar-refractivity contribution in [3.8, 4) is 34.0 Å². The van der Waals surface area contributed by atoms with Gasteiger partial charge in [-0.3, -0.25) is 0 Å². The molecule has 1 heterocycles. The van der Waals surface area contributed by atoms with E-state index in [2.05, 4.69) is 125 Å². The highest BCUT2D eigenvalue weighted by atomic mass is 16.4. The van der Waals surface area contributed by atoms with Crippen molar-refractivity contribution in [2.24, 2.45) is 10.2 Å². The summed E-state index contributed by atoms with van der Waals surface area (Å²) >= 11 is 0. The molecule has 0 atom stereocenters. The maximum absolute atomic E-state index is 6.12. The van der Waals surface area contributed by atoms with Gasteiger partial charge in [0.25, 0.3) is 0 Å². The molecular formula is C39H30N4O. The van der Waals surface area contributed by atoms with Crippen molar-refractivity contribution < 1.29 is 4.42 Å². The second kappa shape index (κ2) is 11.9. The summed E-state index contributed by atoms with van der Waals surface area (Å²) in [6.45, 7) is 5.76. The maximum Gasteiger partial charge on any atom is 0.248 e. The molecule has 0 aliphatic rings. The minimum absolute atomic E-state index is 0.495. The van der Waals surface area contributed by atoms with Crippen LogP contribution in [0.5, 0.6) is 0 Å². The van der Waals surface area contributed by atoms with Crippen molar-refractivity contribution in [2.45, 2.75) is 19.8 Å². The van der Waals surface area contributed by atoms with Crippen LogP contribution in [-0.2, 0) is 6.42 Å². The molecule has 0 bridgehead atoms. The molecule has 0 aliphatic heterocycles. The quantitative estimate of drug-likeness (QED) is 0.135. The van der Waals surface area contributed by atoms with E-state index in [0.717, 1.165) is 62.7 Å². The lowest BCUT2D eigenvalue weighted by Crippen LogP contribution is -2.05. The molecule has 0 amide bonds. The van der Waals surface area contributed by atoms with E-state index in [0.29, 0.717) is 11.8 Å². The molecule has 44 heavy (non-hydrogen) atoms. The van der Waals surface area contributed by atoms with Crippen molar-refractivity contribution in [3.05, 3.63) is 144 Å². The largest absolute Gasteiger partial charge is 0.416 e. The van der Waals surface area contributed by atoms with Crippen LogP contribution >= 0.6 is 0 Å². The minimum Gasteiger partial charge on any atom is -0.416 e. The van der Waals surface area contributed by atoms with Crippen LogP contribution in [0.25, 0.3) is 55.6 Å². The zero-order valence-electron chi connectivity index (χ0n) is 24.4. The normalized spacial score (nSPS) is 11.7. The summed E-state index contributed by atoms with van der Waals surface area (Å²) < 4.78 is 6.12. The van der Waals surface area contributed by atoms with Crippen molar-refractivity contribution in [2.75, 3.05) is 0 Å². The summed E-state index contributed by atoms with van der Waals surface area (Å²) in [5.41, 5.74) is 8.51. The number of aromatic nitrogens is 2. The molecule has 212 valence electrons. The molecule has 6 aromatic carbocycles. The molecule has 0 fully saturated rings. The predicted molar refractivity (Wildman–Crippen MR) is 181 cm³/mol. The monoisotopic (exact) mass is 570 g/mol. The summed E-state index contributed by atoms with van der Waals surface area (Å²) in [5.74, 6) is 1.01. The molecule has 0 aliphatic carbocycles. The number of rotatable bonds is 8. The second-order valence-electron chi connectivity index (χ2n) is 10.9. The molecule has 0 radical (unpaired) electrons. The third-order valence-corrected chi connectivity index (χ3v) is 8.15. The van der Waals surface area contributed by atoms with Gasteiger partial charge in [0, 0.05) is 23.4 Å². The Bertz CT molecular complexity index is 2150. The minimum atomic E-state index is 0.495. The number of benzene rings is 6. The highest BCUT2D eigenvalue weighted by Gasteiger charge is 2.14. The van der Waals surface area contributed by atoms with Gasteiger partial charge in [0.1, 0.15) is 0 Å². The van der Waals surface area contributed by atoms with Crippen molar-refractivity contribution in [1.29, 1.82) is 0 Å². The van der Waals surface area contributed by atoms with Crippen LogP contribution in [-0.4, -0.2) is 22.6 Å². The summed E-state index contributed by atoms with van der Waals surface area (Å²) in [6, 6.07) is 44.0. The number of hydrogen-bond acceptors (Lipinski definition) is 5. The van der Waals surface area contributed by atoms with Gasteiger partial charge in [-0.1, -0.05) is 109 Å². The zero-order valence-corrected chi connectivity index (χ0v) is 24.4. The first kappa shape index (κ1) is 27.2. The first-order chi connectivity index (χ1) is 21.7. The fourth-order valence-electron chi connectivity index (χ4n) is 5.92. The first-order valence-corrected chi connectivity index (χ1v) is 14.7.